The fourth-order valence-corrected chi connectivity index (χ4v) is 1.56. The van der Waals surface area contributed by atoms with Gasteiger partial charge in [-0.15, -0.1) is 5.10 Å². The Morgan fingerprint density at radius 3 is 2.65 bits per heavy atom. The topological polar surface area (TPSA) is 66.0 Å². The molecular weight excluding hydrogens is 223 g/mol. The molecule has 0 radical (unpaired) electrons. The van der Waals surface area contributed by atoms with E-state index in [1.165, 1.54) is 12.1 Å². The lowest BCUT2D eigenvalue weighted by molar-refractivity contribution is 0.178. The zero-order valence-electron chi connectivity index (χ0n) is 9.43. The molecule has 1 heterocycles. The van der Waals surface area contributed by atoms with Crippen molar-refractivity contribution >= 4 is 0 Å². The minimum Gasteiger partial charge on any atom is -0.378 e. The molecule has 5 nitrogen and oxygen atoms in total. The number of benzene rings is 1. The van der Waals surface area contributed by atoms with Gasteiger partial charge in [-0.2, -0.15) is 0 Å². The van der Waals surface area contributed by atoms with Crippen molar-refractivity contribution in [2.45, 2.75) is 13.2 Å². The average Bonchev–Trinajstić information content (AvgIpc) is 2.74. The molecule has 0 atom stereocenters. The number of halogens is 1. The highest BCUT2D eigenvalue weighted by Crippen LogP contribution is 2.14. The molecule has 2 rings (SSSR count). The normalized spacial score (nSPS) is 10.8. The van der Waals surface area contributed by atoms with Crippen LogP contribution in [-0.4, -0.2) is 22.1 Å². The first kappa shape index (κ1) is 11.7. The molecule has 1 aromatic heterocycles. The smallest absolute Gasteiger partial charge is 0.123 e. The van der Waals surface area contributed by atoms with Crippen molar-refractivity contribution in [3.63, 3.8) is 0 Å². The highest BCUT2D eigenvalue weighted by molar-refractivity contribution is 5.33. The molecule has 17 heavy (non-hydrogen) atoms. The molecule has 6 heteroatoms. The number of hydrogen-bond donors (Lipinski definition) is 1. The Labute approximate surface area is 98.0 Å². The summed E-state index contributed by atoms with van der Waals surface area (Å²) in [6.45, 7) is 0.650. The van der Waals surface area contributed by atoms with Gasteiger partial charge in [-0.25, -0.2) is 9.07 Å². The van der Waals surface area contributed by atoms with Crippen LogP contribution in [0.1, 0.15) is 11.4 Å². The maximum Gasteiger partial charge on any atom is 0.123 e. The zero-order chi connectivity index (χ0) is 12.3. The van der Waals surface area contributed by atoms with E-state index in [0.717, 1.165) is 11.4 Å². The van der Waals surface area contributed by atoms with Gasteiger partial charge in [0.25, 0.3) is 0 Å². The summed E-state index contributed by atoms with van der Waals surface area (Å²) in [5.41, 5.74) is 7.75. The van der Waals surface area contributed by atoms with E-state index in [4.69, 9.17) is 10.5 Å². The Morgan fingerprint density at radius 2 is 2.06 bits per heavy atom. The first-order valence-electron chi connectivity index (χ1n) is 5.14. The summed E-state index contributed by atoms with van der Waals surface area (Å²) < 4.78 is 19.5. The quantitative estimate of drug-likeness (QED) is 0.860. The zero-order valence-corrected chi connectivity index (χ0v) is 9.43. The molecule has 0 unspecified atom stereocenters. The predicted molar refractivity (Wildman–Crippen MR) is 59.9 cm³/mol. The van der Waals surface area contributed by atoms with Gasteiger partial charge in [0.05, 0.1) is 18.0 Å². The van der Waals surface area contributed by atoms with Crippen LogP contribution < -0.4 is 5.73 Å². The summed E-state index contributed by atoms with van der Waals surface area (Å²) in [6, 6.07) is 6.00. The third-order valence-corrected chi connectivity index (χ3v) is 2.39. The van der Waals surface area contributed by atoms with Gasteiger partial charge in [0.1, 0.15) is 11.5 Å². The molecule has 0 spiro atoms. The third kappa shape index (κ3) is 2.32. The number of ether oxygens (including phenoxy) is 1. The Kier molecular flexibility index (Phi) is 3.46. The van der Waals surface area contributed by atoms with Gasteiger partial charge in [0.2, 0.25) is 0 Å². The monoisotopic (exact) mass is 236 g/mol. The van der Waals surface area contributed by atoms with E-state index < -0.39 is 0 Å². The van der Waals surface area contributed by atoms with Crippen LogP contribution in [0.5, 0.6) is 0 Å². The van der Waals surface area contributed by atoms with E-state index >= 15 is 0 Å². The molecule has 0 saturated carbocycles. The number of hydrogen-bond acceptors (Lipinski definition) is 4. The highest BCUT2D eigenvalue weighted by atomic mass is 19.1. The second-order valence-corrected chi connectivity index (χ2v) is 3.51. The first-order valence-corrected chi connectivity index (χ1v) is 5.14. The van der Waals surface area contributed by atoms with E-state index in [2.05, 4.69) is 10.3 Å². The number of methoxy groups -OCH3 is 1. The summed E-state index contributed by atoms with van der Waals surface area (Å²) in [6.07, 6.45) is 0. The molecule has 2 aromatic rings. The molecule has 0 aliphatic carbocycles. The minimum absolute atomic E-state index is 0.291. The number of rotatable bonds is 4. The van der Waals surface area contributed by atoms with Crippen LogP contribution in [0.4, 0.5) is 4.39 Å². The van der Waals surface area contributed by atoms with Crippen molar-refractivity contribution in [2.24, 2.45) is 5.73 Å². The molecule has 0 aliphatic heterocycles. The minimum atomic E-state index is -0.291. The van der Waals surface area contributed by atoms with Crippen molar-refractivity contribution in [3.8, 4) is 5.69 Å². The van der Waals surface area contributed by atoms with Crippen LogP contribution in [0.15, 0.2) is 24.3 Å². The predicted octanol–water partition coefficient (Wildman–Crippen LogP) is 1.01. The molecule has 0 aliphatic rings. The largest absolute Gasteiger partial charge is 0.378 e. The van der Waals surface area contributed by atoms with Crippen LogP contribution in [0.25, 0.3) is 5.69 Å². The van der Waals surface area contributed by atoms with Gasteiger partial charge in [0, 0.05) is 13.7 Å². The van der Waals surface area contributed by atoms with Crippen molar-refractivity contribution in [1.82, 2.24) is 15.0 Å². The van der Waals surface area contributed by atoms with Gasteiger partial charge >= 0.3 is 0 Å². The molecule has 0 saturated heterocycles. The molecular formula is C11H13FN4O. The Balaban J connectivity index is 2.43. The van der Waals surface area contributed by atoms with Crippen molar-refractivity contribution in [2.75, 3.05) is 7.11 Å². The lowest BCUT2D eigenvalue weighted by Crippen LogP contribution is -2.07. The maximum absolute atomic E-state index is 12.8. The second-order valence-electron chi connectivity index (χ2n) is 3.51. The van der Waals surface area contributed by atoms with E-state index in [1.807, 2.05) is 0 Å². The summed E-state index contributed by atoms with van der Waals surface area (Å²) in [5.74, 6) is -0.291. The van der Waals surface area contributed by atoms with Crippen LogP contribution in [-0.2, 0) is 17.9 Å². The fourth-order valence-electron chi connectivity index (χ4n) is 1.56. The maximum atomic E-state index is 12.8. The average molecular weight is 236 g/mol. The van der Waals surface area contributed by atoms with Crippen LogP contribution >= 0.6 is 0 Å². The van der Waals surface area contributed by atoms with Gasteiger partial charge in [-0.3, -0.25) is 0 Å². The van der Waals surface area contributed by atoms with Crippen molar-refractivity contribution in [1.29, 1.82) is 0 Å². The summed E-state index contributed by atoms with van der Waals surface area (Å²) in [5, 5.41) is 7.96. The standard InChI is InChI=1S/C11H13FN4O/c1-17-7-11-10(6-13)14-15-16(11)9-4-2-8(12)3-5-9/h2-5H,6-7,13H2,1H3. The summed E-state index contributed by atoms with van der Waals surface area (Å²) in [7, 11) is 1.59. The Hall–Kier alpha value is -1.79. The number of aromatic nitrogens is 3. The summed E-state index contributed by atoms with van der Waals surface area (Å²) in [4.78, 5) is 0. The van der Waals surface area contributed by atoms with Crippen LogP contribution in [0.2, 0.25) is 0 Å². The molecule has 2 N–H and O–H groups in total. The molecule has 90 valence electrons. The lowest BCUT2D eigenvalue weighted by Gasteiger charge is -2.06. The van der Waals surface area contributed by atoms with Crippen molar-refractivity contribution < 1.29 is 9.13 Å². The van der Waals surface area contributed by atoms with Crippen molar-refractivity contribution in [3.05, 3.63) is 41.5 Å². The van der Waals surface area contributed by atoms with E-state index in [1.54, 1.807) is 23.9 Å². The first-order chi connectivity index (χ1) is 8.26. The molecule has 1 aromatic carbocycles. The highest BCUT2D eigenvalue weighted by Gasteiger charge is 2.12. The van der Waals surface area contributed by atoms with Gasteiger partial charge in [0.15, 0.2) is 0 Å². The fraction of sp³-hybridized carbons (Fsp3) is 0.273. The van der Waals surface area contributed by atoms with Gasteiger partial charge < -0.3 is 10.5 Å². The van der Waals surface area contributed by atoms with E-state index in [9.17, 15) is 4.39 Å². The molecule has 0 bridgehead atoms. The molecule has 0 fully saturated rings. The van der Waals surface area contributed by atoms with E-state index in [0.29, 0.717) is 18.8 Å². The lowest BCUT2D eigenvalue weighted by atomic mass is 10.3. The SMILES string of the molecule is COCc1c(CN)nnn1-c1ccc(F)cc1. The Morgan fingerprint density at radius 1 is 1.35 bits per heavy atom. The Bertz CT molecular complexity index is 495. The van der Waals surface area contributed by atoms with Gasteiger partial charge in [-0.05, 0) is 24.3 Å². The molecule has 0 amide bonds. The third-order valence-electron chi connectivity index (χ3n) is 2.39. The summed E-state index contributed by atoms with van der Waals surface area (Å²) >= 11 is 0. The number of nitrogens with zero attached hydrogens (tertiary/aromatic N) is 3. The van der Waals surface area contributed by atoms with E-state index in [-0.39, 0.29) is 5.82 Å². The second kappa shape index (κ2) is 5.03. The number of nitrogens with two attached hydrogens (primary N) is 1. The van der Waals surface area contributed by atoms with Gasteiger partial charge in [-0.1, -0.05) is 5.21 Å². The van der Waals surface area contributed by atoms with Crippen LogP contribution in [0.3, 0.4) is 0 Å². The van der Waals surface area contributed by atoms with Crippen LogP contribution in [0, 0.1) is 5.82 Å².